The van der Waals surface area contributed by atoms with Gasteiger partial charge in [-0.1, -0.05) is 6.07 Å². The number of rotatable bonds is 4. The molecule has 0 atom stereocenters. The fourth-order valence-corrected chi connectivity index (χ4v) is 2.83. The van der Waals surface area contributed by atoms with E-state index in [1.165, 1.54) is 13.1 Å². The van der Waals surface area contributed by atoms with Gasteiger partial charge in [-0.15, -0.1) is 0 Å². The number of hydrogen-bond donors (Lipinski definition) is 2. The summed E-state index contributed by atoms with van der Waals surface area (Å²) >= 11 is 0. The molecule has 0 spiro atoms. The molecule has 2 rings (SSSR count). The summed E-state index contributed by atoms with van der Waals surface area (Å²) in [5.41, 5.74) is 3.01. The molecule has 2 aromatic rings. The van der Waals surface area contributed by atoms with Crippen molar-refractivity contribution in [1.82, 2.24) is 9.71 Å². The Hall–Kier alpha value is -1.92. The second-order valence-electron chi connectivity index (χ2n) is 4.56. The van der Waals surface area contributed by atoms with Gasteiger partial charge in [-0.05, 0) is 56.3 Å². The first-order chi connectivity index (χ1) is 9.42. The van der Waals surface area contributed by atoms with Crippen LogP contribution in [0.25, 0.3) is 0 Å². The van der Waals surface area contributed by atoms with Crippen LogP contribution in [0.15, 0.2) is 41.4 Å². The lowest BCUT2D eigenvalue weighted by atomic mass is 10.1. The molecule has 0 amide bonds. The zero-order valence-electron chi connectivity index (χ0n) is 11.6. The van der Waals surface area contributed by atoms with Crippen LogP contribution in [0, 0.1) is 13.8 Å². The predicted molar refractivity (Wildman–Crippen MR) is 79.7 cm³/mol. The smallest absolute Gasteiger partial charge is 0.243 e. The van der Waals surface area contributed by atoms with Gasteiger partial charge in [-0.3, -0.25) is 0 Å². The maximum Gasteiger partial charge on any atom is 0.243 e. The summed E-state index contributed by atoms with van der Waals surface area (Å²) in [6, 6.07) is 9.05. The van der Waals surface area contributed by atoms with E-state index in [1.54, 1.807) is 12.3 Å². The molecule has 1 heterocycles. The Morgan fingerprint density at radius 1 is 1.10 bits per heavy atom. The molecule has 1 aromatic heterocycles. The minimum Gasteiger partial charge on any atom is -0.339 e. The van der Waals surface area contributed by atoms with Crippen LogP contribution < -0.4 is 10.0 Å². The predicted octanol–water partition coefficient (Wildman–Crippen LogP) is 2.35. The van der Waals surface area contributed by atoms with Crippen molar-refractivity contribution in [1.29, 1.82) is 0 Å². The van der Waals surface area contributed by atoms with E-state index in [-0.39, 0.29) is 4.90 Å². The number of anilines is 2. The van der Waals surface area contributed by atoms with Crippen molar-refractivity contribution in [2.24, 2.45) is 0 Å². The maximum atomic E-state index is 12.0. The van der Waals surface area contributed by atoms with Crippen molar-refractivity contribution < 1.29 is 8.42 Å². The molecule has 0 saturated heterocycles. The van der Waals surface area contributed by atoms with Crippen LogP contribution >= 0.6 is 0 Å². The molecule has 0 radical (unpaired) electrons. The summed E-state index contributed by atoms with van der Waals surface area (Å²) in [7, 11) is -2.17. The molecular formula is C14H17N3O2S. The van der Waals surface area contributed by atoms with Gasteiger partial charge in [0.15, 0.2) is 5.82 Å². The summed E-state index contributed by atoms with van der Waals surface area (Å²) in [6.07, 6.45) is 1.56. The SMILES string of the molecule is CNS(=O)(=O)c1cccnc1Nc1cc(C)cc(C)c1. The number of sulfonamides is 1. The van der Waals surface area contributed by atoms with E-state index in [2.05, 4.69) is 21.1 Å². The number of pyridine rings is 1. The lowest BCUT2D eigenvalue weighted by Gasteiger charge is -2.12. The Morgan fingerprint density at radius 2 is 1.75 bits per heavy atom. The molecule has 6 heteroatoms. The fraction of sp³-hybridized carbons (Fsp3) is 0.214. The van der Waals surface area contributed by atoms with E-state index in [0.29, 0.717) is 5.82 Å². The molecule has 0 fully saturated rings. The molecule has 0 saturated carbocycles. The monoisotopic (exact) mass is 291 g/mol. The normalized spacial score (nSPS) is 11.3. The van der Waals surface area contributed by atoms with Gasteiger partial charge in [0, 0.05) is 11.9 Å². The lowest BCUT2D eigenvalue weighted by Crippen LogP contribution is -2.20. The molecule has 5 nitrogen and oxygen atoms in total. The number of benzene rings is 1. The van der Waals surface area contributed by atoms with Crippen molar-refractivity contribution in [3.63, 3.8) is 0 Å². The van der Waals surface area contributed by atoms with Crippen molar-refractivity contribution in [3.8, 4) is 0 Å². The highest BCUT2D eigenvalue weighted by atomic mass is 32.2. The molecule has 106 valence electrons. The van der Waals surface area contributed by atoms with Crippen LogP contribution in [0.5, 0.6) is 0 Å². The van der Waals surface area contributed by atoms with E-state index >= 15 is 0 Å². The van der Waals surface area contributed by atoms with Crippen LogP contribution in [-0.4, -0.2) is 20.4 Å². The first kappa shape index (κ1) is 14.5. The topological polar surface area (TPSA) is 71.1 Å². The summed E-state index contributed by atoms with van der Waals surface area (Å²) in [5.74, 6) is 0.312. The van der Waals surface area contributed by atoms with Crippen LogP contribution in [0.1, 0.15) is 11.1 Å². The Bertz CT molecular complexity index is 707. The summed E-state index contributed by atoms with van der Waals surface area (Å²) in [6.45, 7) is 3.98. The number of aromatic nitrogens is 1. The molecule has 1 aromatic carbocycles. The van der Waals surface area contributed by atoms with Crippen molar-refractivity contribution in [2.75, 3.05) is 12.4 Å². The highest BCUT2D eigenvalue weighted by Crippen LogP contribution is 2.23. The zero-order valence-corrected chi connectivity index (χ0v) is 12.5. The van der Waals surface area contributed by atoms with Crippen molar-refractivity contribution in [3.05, 3.63) is 47.7 Å². The van der Waals surface area contributed by atoms with Crippen LogP contribution in [-0.2, 0) is 10.0 Å². The summed E-state index contributed by atoms with van der Waals surface area (Å²) in [5, 5.41) is 3.06. The van der Waals surface area contributed by atoms with E-state index in [0.717, 1.165) is 16.8 Å². The lowest BCUT2D eigenvalue weighted by molar-refractivity contribution is 0.588. The molecule has 2 N–H and O–H groups in total. The summed E-state index contributed by atoms with van der Waals surface area (Å²) < 4.78 is 26.2. The minimum atomic E-state index is -3.54. The average Bonchev–Trinajstić information content (AvgIpc) is 2.38. The van der Waals surface area contributed by atoms with Gasteiger partial charge in [0.25, 0.3) is 0 Å². The van der Waals surface area contributed by atoms with E-state index in [9.17, 15) is 8.42 Å². The fourth-order valence-electron chi connectivity index (χ4n) is 1.99. The Balaban J connectivity index is 2.44. The third-order valence-corrected chi connectivity index (χ3v) is 4.26. The first-order valence-electron chi connectivity index (χ1n) is 6.16. The third kappa shape index (κ3) is 3.15. The second-order valence-corrected chi connectivity index (χ2v) is 6.41. The maximum absolute atomic E-state index is 12.0. The molecule has 0 aliphatic rings. The number of aryl methyl sites for hydroxylation is 2. The van der Waals surface area contributed by atoms with Crippen molar-refractivity contribution in [2.45, 2.75) is 18.7 Å². The molecule has 0 aliphatic heterocycles. The Morgan fingerprint density at radius 3 is 2.35 bits per heavy atom. The standard InChI is InChI=1S/C14H17N3O2S/c1-10-7-11(2)9-12(8-10)17-14-13(5-4-6-16-14)20(18,19)15-3/h4-9,15H,1-3H3,(H,16,17). The van der Waals surface area contributed by atoms with Gasteiger partial charge < -0.3 is 5.32 Å². The minimum absolute atomic E-state index is 0.127. The van der Waals surface area contributed by atoms with Crippen LogP contribution in [0.2, 0.25) is 0 Å². The van der Waals surface area contributed by atoms with E-state index < -0.39 is 10.0 Å². The van der Waals surface area contributed by atoms with E-state index in [4.69, 9.17) is 0 Å². The molecule has 20 heavy (non-hydrogen) atoms. The molecular weight excluding hydrogens is 274 g/mol. The van der Waals surface area contributed by atoms with E-state index in [1.807, 2.05) is 26.0 Å². The van der Waals surface area contributed by atoms with Crippen molar-refractivity contribution >= 4 is 21.5 Å². The third-order valence-electron chi connectivity index (χ3n) is 2.81. The molecule has 0 aliphatic carbocycles. The number of nitrogens with zero attached hydrogens (tertiary/aromatic N) is 1. The highest BCUT2D eigenvalue weighted by molar-refractivity contribution is 7.89. The van der Waals surface area contributed by atoms with Gasteiger partial charge in [-0.25, -0.2) is 18.1 Å². The number of hydrogen-bond acceptors (Lipinski definition) is 4. The first-order valence-corrected chi connectivity index (χ1v) is 7.64. The molecule has 0 unspecified atom stereocenters. The molecule has 0 bridgehead atoms. The van der Waals surface area contributed by atoms with Crippen LogP contribution in [0.3, 0.4) is 0 Å². The Labute approximate surface area is 119 Å². The second kappa shape index (κ2) is 5.60. The highest BCUT2D eigenvalue weighted by Gasteiger charge is 2.17. The number of nitrogens with one attached hydrogen (secondary N) is 2. The van der Waals surface area contributed by atoms with Crippen LogP contribution in [0.4, 0.5) is 11.5 Å². The van der Waals surface area contributed by atoms with Gasteiger partial charge in [-0.2, -0.15) is 0 Å². The zero-order chi connectivity index (χ0) is 14.8. The van der Waals surface area contributed by atoms with Gasteiger partial charge in [0.2, 0.25) is 10.0 Å². The quantitative estimate of drug-likeness (QED) is 0.907. The summed E-state index contributed by atoms with van der Waals surface area (Å²) in [4.78, 5) is 4.24. The largest absolute Gasteiger partial charge is 0.339 e. The van der Waals surface area contributed by atoms with Gasteiger partial charge in [0.1, 0.15) is 4.90 Å². The van der Waals surface area contributed by atoms with Gasteiger partial charge >= 0.3 is 0 Å². The van der Waals surface area contributed by atoms with Gasteiger partial charge in [0.05, 0.1) is 0 Å². The Kier molecular flexibility index (Phi) is 4.06. The average molecular weight is 291 g/mol.